The zero-order valence-electron chi connectivity index (χ0n) is 13.6. The minimum atomic E-state index is -0.169. The molecule has 0 spiro atoms. The Labute approximate surface area is 168 Å². The number of carbonyl (C=O) groups excluding carboxylic acids is 2. The van der Waals surface area contributed by atoms with Crippen molar-refractivity contribution in [1.29, 1.82) is 0 Å². The van der Waals surface area contributed by atoms with Crippen molar-refractivity contribution in [2.75, 3.05) is 10.6 Å². The van der Waals surface area contributed by atoms with Crippen LogP contribution in [0.1, 0.15) is 22.3 Å². The van der Waals surface area contributed by atoms with Gasteiger partial charge < -0.3 is 5.32 Å². The summed E-state index contributed by atoms with van der Waals surface area (Å²) in [6.45, 7) is 0. The summed E-state index contributed by atoms with van der Waals surface area (Å²) in [5.74, 6) is -0.114. The van der Waals surface area contributed by atoms with Crippen LogP contribution in [-0.4, -0.2) is 16.8 Å². The number of nitrogens with one attached hydrogen (secondary N) is 2. The van der Waals surface area contributed by atoms with Gasteiger partial charge in [-0.3, -0.25) is 14.9 Å². The number of carbonyl (C=O) groups is 2. The molecule has 2 amide bonds. The molecule has 0 unspecified atom stereocenters. The first-order valence-corrected chi connectivity index (χ1v) is 10.00. The van der Waals surface area contributed by atoms with Gasteiger partial charge in [-0.15, -0.1) is 11.3 Å². The molecule has 26 heavy (non-hydrogen) atoms. The normalized spacial score (nSPS) is 13.0. The largest absolute Gasteiger partial charge is 0.326 e. The van der Waals surface area contributed by atoms with Gasteiger partial charge in [-0.2, -0.15) is 0 Å². The zero-order valence-corrected chi connectivity index (χ0v) is 16.6. The highest BCUT2D eigenvalue weighted by Gasteiger charge is 2.16. The van der Waals surface area contributed by atoms with Gasteiger partial charge in [0.2, 0.25) is 5.91 Å². The summed E-state index contributed by atoms with van der Waals surface area (Å²) in [7, 11) is 0. The van der Waals surface area contributed by atoms with Crippen molar-refractivity contribution in [2.24, 2.45) is 0 Å². The van der Waals surface area contributed by atoms with Crippen molar-refractivity contribution >= 4 is 56.6 Å². The van der Waals surface area contributed by atoms with E-state index in [1.165, 1.54) is 11.3 Å². The number of rotatable bonds is 3. The molecular weight excluding hydrogens is 461 g/mol. The Balaban J connectivity index is 1.53. The number of aromatic nitrogens is 1. The van der Waals surface area contributed by atoms with E-state index in [1.54, 1.807) is 6.07 Å². The average Bonchev–Trinajstić information content (AvgIpc) is 3.09. The van der Waals surface area contributed by atoms with Gasteiger partial charge in [0, 0.05) is 32.2 Å². The van der Waals surface area contributed by atoms with Crippen LogP contribution in [0.15, 0.2) is 47.8 Å². The number of amides is 2. The molecule has 0 saturated heterocycles. The second kappa shape index (κ2) is 7.16. The molecule has 0 radical (unpaired) electrons. The van der Waals surface area contributed by atoms with Crippen LogP contribution in [-0.2, 0) is 11.2 Å². The lowest BCUT2D eigenvalue weighted by Gasteiger charge is -2.17. The summed E-state index contributed by atoms with van der Waals surface area (Å²) in [5.41, 5.74) is 4.38. The van der Waals surface area contributed by atoms with Crippen molar-refractivity contribution in [3.63, 3.8) is 0 Å². The topological polar surface area (TPSA) is 71.1 Å². The summed E-state index contributed by atoms with van der Waals surface area (Å²) < 4.78 is 1.01. The van der Waals surface area contributed by atoms with Crippen molar-refractivity contribution in [2.45, 2.75) is 12.8 Å². The number of benzene rings is 2. The van der Waals surface area contributed by atoms with E-state index in [-0.39, 0.29) is 11.8 Å². The molecule has 0 bridgehead atoms. The van der Waals surface area contributed by atoms with Crippen LogP contribution >= 0.6 is 33.9 Å². The van der Waals surface area contributed by atoms with E-state index in [0.29, 0.717) is 17.1 Å². The van der Waals surface area contributed by atoms with Gasteiger partial charge in [-0.05, 0) is 64.9 Å². The number of hydrogen-bond donors (Lipinski definition) is 2. The molecule has 7 heteroatoms. The number of fused-ring (bicyclic) bond motifs is 1. The zero-order chi connectivity index (χ0) is 18.1. The van der Waals surface area contributed by atoms with Crippen LogP contribution in [0.25, 0.3) is 11.3 Å². The molecule has 0 aliphatic carbocycles. The monoisotopic (exact) mass is 475 g/mol. The smallest absolute Gasteiger partial charge is 0.257 e. The maximum absolute atomic E-state index is 12.3. The molecule has 0 fully saturated rings. The highest BCUT2D eigenvalue weighted by Crippen LogP contribution is 2.30. The van der Waals surface area contributed by atoms with E-state index in [9.17, 15) is 9.59 Å². The number of hydrogen-bond acceptors (Lipinski definition) is 4. The first-order valence-electron chi connectivity index (χ1n) is 8.04. The van der Waals surface area contributed by atoms with E-state index < -0.39 is 0 Å². The molecule has 2 heterocycles. The minimum absolute atomic E-state index is 0.0551. The van der Waals surface area contributed by atoms with Crippen LogP contribution in [0.3, 0.4) is 0 Å². The molecular formula is C19H14IN3O2S. The molecule has 0 saturated carbocycles. The molecule has 5 nitrogen and oxygen atoms in total. The molecule has 1 aliphatic heterocycles. The van der Waals surface area contributed by atoms with Gasteiger partial charge in [0.25, 0.3) is 5.91 Å². The van der Waals surface area contributed by atoms with Crippen LogP contribution in [0.5, 0.6) is 0 Å². The number of halogens is 1. The Morgan fingerprint density at radius 1 is 1.19 bits per heavy atom. The molecule has 0 atom stereocenters. The lowest BCUT2D eigenvalue weighted by Crippen LogP contribution is -2.18. The molecule has 1 aliphatic rings. The lowest BCUT2D eigenvalue weighted by molar-refractivity contribution is -0.116. The first-order chi connectivity index (χ1) is 12.6. The van der Waals surface area contributed by atoms with Gasteiger partial charge >= 0.3 is 0 Å². The van der Waals surface area contributed by atoms with Crippen LogP contribution in [0.4, 0.5) is 10.8 Å². The predicted molar refractivity (Wildman–Crippen MR) is 112 cm³/mol. The van der Waals surface area contributed by atoms with Crippen molar-refractivity contribution in [1.82, 2.24) is 4.98 Å². The maximum atomic E-state index is 12.3. The van der Waals surface area contributed by atoms with Crippen LogP contribution in [0.2, 0.25) is 0 Å². The number of anilines is 2. The maximum Gasteiger partial charge on any atom is 0.257 e. The van der Waals surface area contributed by atoms with Gasteiger partial charge in [0.1, 0.15) is 0 Å². The summed E-state index contributed by atoms with van der Waals surface area (Å²) in [5, 5.41) is 8.22. The van der Waals surface area contributed by atoms with Crippen molar-refractivity contribution < 1.29 is 9.59 Å². The summed E-state index contributed by atoms with van der Waals surface area (Å²) in [6.07, 6.45) is 1.24. The standard InChI is InChI=1S/C19H14IN3O2S/c20-14-3-1-2-13(9-14)18(25)23-19-22-16(10-26-19)12-4-6-15-11(8-12)5-7-17(24)21-15/h1-4,6,8-10H,5,7H2,(H,21,24)(H,22,23,25). The molecule has 130 valence electrons. The Morgan fingerprint density at radius 3 is 2.92 bits per heavy atom. The van der Waals surface area contributed by atoms with Gasteiger partial charge in [0.15, 0.2) is 5.13 Å². The molecule has 3 aromatic rings. The SMILES string of the molecule is O=C1CCc2cc(-c3csc(NC(=O)c4cccc(I)c4)n3)ccc2N1. The highest BCUT2D eigenvalue weighted by molar-refractivity contribution is 14.1. The predicted octanol–water partition coefficient (Wildman–Crippen LogP) is 4.55. The Morgan fingerprint density at radius 2 is 2.08 bits per heavy atom. The van der Waals surface area contributed by atoms with Crippen LogP contribution in [0, 0.1) is 3.57 Å². The summed E-state index contributed by atoms with van der Waals surface area (Å²) in [4.78, 5) is 28.3. The van der Waals surface area contributed by atoms with E-state index >= 15 is 0 Å². The quantitative estimate of drug-likeness (QED) is 0.546. The third kappa shape index (κ3) is 3.63. The highest BCUT2D eigenvalue weighted by atomic mass is 127. The second-order valence-corrected chi connectivity index (χ2v) is 8.03. The van der Waals surface area contributed by atoms with E-state index in [1.807, 2.05) is 35.7 Å². The molecule has 2 aromatic carbocycles. The van der Waals surface area contributed by atoms with E-state index in [4.69, 9.17) is 0 Å². The van der Waals surface area contributed by atoms with Crippen molar-refractivity contribution in [3.05, 3.63) is 62.5 Å². The minimum Gasteiger partial charge on any atom is -0.326 e. The van der Waals surface area contributed by atoms with Gasteiger partial charge in [0.05, 0.1) is 5.69 Å². The fraction of sp³-hybridized carbons (Fsp3) is 0.105. The number of thiazole rings is 1. The average molecular weight is 475 g/mol. The first kappa shape index (κ1) is 17.2. The Bertz CT molecular complexity index is 1020. The fourth-order valence-corrected chi connectivity index (χ4v) is 4.06. The Kier molecular flexibility index (Phi) is 4.73. The lowest BCUT2D eigenvalue weighted by atomic mass is 9.99. The molecule has 1 aromatic heterocycles. The fourth-order valence-electron chi connectivity index (χ4n) is 2.81. The Hall–Kier alpha value is -2.26. The van der Waals surface area contributed by atoms with Gasteiger partial charge in [-0.1, -0.05) is 12.1 Å². The summed E-state index contributed by atoms with van der Waals surface area (Å²) >= 11 is 3.58. The summed E-state index contributed by atoms with van der Waals surface area (Å²) in [6, 6.07) is 13.3. The number of nitrogens with zero attached hydrogens (tertiary/aromatic N) is 1. The third-order valence-corrected chi connectivity index (χ3v) is 5.54. The van der Waals surface area contributed by atoms with E-state index in [2.05, 4.69) is 44.3 Å². The van der Waals surface area contributed by atoms with E-state index in [0.717, 1.165) is 32.5 Å². The van der Waals surface area contributed by atoms with Crippen molar-refractivity contribution in [3.8, 4) is 11.3 Å². The van der Waals surface area contributed by atoms with Gasteiger partial charge in [-0.25, -0.2) is 4.98 Å². The third-order valence-electron chi connectivity index (χ3n) is 4.11. The number of aryl methyl sites for hydroxylation is 1. The molecule has 2 N–H and O–H groups in total. The molecule has 4 rings (SSSR count). The van der Waals surface area contributed by atoms with Crippen LogP contribution < -0.4 is 10.6 Å². The second-order valence-electron chi connectivity index (χ2n) is 5.92.